The van der Waals surface area contributed by atoms with E-state index in [1.54, 1.807) is 31.3 Å². The average molecular weight is 494 g/mol. The van der Waals surface area contributed by atoms with Crippen LogP contribution in [0.5, 0.6) is 11.5 Å². The van der Waals surface area contributed by atoms with Gasteiger partial charge < -0.3 is 29.3 Å². The number of fused-ring (bicyclic) bond motifs is 1. The van der Waals surface area contributed by atoms with Gasteiger partial charge in [-0.3, -0.25) is 9.32 Å². The van der Waals surface area contributed by atoms with Gasteiger partial charge in [0.15, 0.2) is 5.43 Å². The maximum atomic E-state index is 13.0. The van der Waals surface area contributed by atoms with Crippen LogP contribution in [0.15, 0.2) is 45.6 Å². The number of hydrogen-bond acceptors (Lipinski definition) is 7. The number of rotatable bonds is 4. The summed E-state index contributed by atoms with van der Waals surface area (Å²) in [6.45, 7) is 0.667. The highest BCUT2D eigenvalue weighted by Gasteiger charge is 2.46. The minimum Gasteiger partial charge on any atom is -0.507 e. The van der Waals surface area contributed by atoms with E-state index in [4.69, 9.17) is 20.5 Å². The highest BCUT2D eigenvalue weighted by molar-refractivity contribution is 7.46. The molecule has 2 heterocycles. The molecule has 0 amide bonds. The summed E-state index contributed by atoms with van der Waals surface area (Å²) in [5.41, 5.74) is -1.53. The fourth-order valence-electron chi connectivity index (χ4n) is 4.65. The lowest BCUT2D eigenvalue weighted by atomic mass is 9.65. The topological polar surface area (TPSA) is 141 Å². The predicted molar refractivity (Wildman–Crippen MR) is 126 cm³/mol. The predicted octanol–water partition coefficient (Wildman–Crippen LogP) is 2.38. The normalized spacial score (nSPS) is 22.0. The molecule has 4 rings (SSSR count). The molecule has 174 valence electrons. The molecule has 1 aromatic heterocycles. The third kappa shape index (κ3) is 4.55. The quantitative estimate of drug-likeness (QED) is 0.318. The zero-order valence-corrected chi connectivity index (χ0v) is 19.5. The molecular formula is C21H22BClNO8P. The summed E-state index contributed by atoms with van der Waals surface area (Å²) in [5.74, 6) is -1.50. The molecule has 1 aliphatic rings. The number of piperidine rings is 1. The van der Waals surface area contributed by atoms with Gasteiger partial charge in [0.25, 0.3) is 0 Å². The Morgan fingerprint density at radius 3 is 2.61 bits per heavy atom. The van der Waals surface area contributed by atoms with E-state index in [9.17, 15) is 29.4 Å². The van der Waals surface area contributed by atoms with Gasteiger partial charge in [0.05, 0.1) is 10.5 Å². The first-order valence-corrected chi connectivity index (χ1v) is 12.0. The van der Waals surface area contributed by atoms with Crippen LogP contribution in [-0.4, -0.2) is 58.4 Å². The summed E-state index contributed by atoms with van der Waals surface area (Å²) in [6, 6.07) is 8.95. The molecule has 9 nitrogen and oxygen atoms in total. The zero-order valence-electron chi connectivity index (χ0n) is 17.9. The number of hydrogen-bond donors (Lipinski definition) is 4. The van der Waals surface area contributed by atoms with Crippen LogP contribution in [0.4, 0.5) is 0 Å². The second kappa shape index (κ2) is 8.47. The third-order valence-electron chi connectivity index (χ3n) is 5.93. The first-order chi connectivity index (χ1) is 15.4. The fourth-order valence-corrected chi connectivity index (χ4v) is 5.60. The number of benzene rings is 2. The number of nitrogens with zero attached hydrogens (tertiary/aromatic N) is 1. The second-order valence-corrected chi connectivity index (χ2v) is 10.0. The molecule has 2 atom stereocenters. The van der Waals surface area contributed by atoms with Crippen LogP contribution in [0, 0.1) is 0 Å². The molecule has 1 saturated heterocycles. The molecule has 0 unspecified atom stereocenters. The molecule has 0 spiro atoms. The molecule has 1 aliphatic heterocycles. The van der Waals surface area contributed by atoms with Crippen LogP contribution in [0.2, 0.25) is 5.02 Å². The summed E-state index contributed by atoms with van der Waals surface area (Å²) < 4.78 is 23.0. The average Bonchev–Trinajstić information content (AvgIpc) is 2.67. The second-order valence-electron chi connectivity index (χ2n) is 8.46. The van der Waals surface area contributed by atoms with E-state index in [-0.39, 0.29) is 34.6 Å². The van der Waals surface area contributed by atoms with Crippen molar-refractivity contribution >= 4 is 38.2 Å². The summed E-state index contributed by atoms with van der Waals surface area (Å²) in [6.07, 6.45) is 0.334. The Morgan fingerprint density at radius 2 is 1.94 bits per heavy atom. The van der Waals surface area contributed by atoms with Crippen molar-refractivity contribution in [2.24, 2.45) is 0 Å². The van der Waals surface area contributed by atoms with Gasteiger partial charge in [-0.1, -0.05) is 23.7 Å². The lowest BCUT2D eigenvalue weighted by molar-refractivity contribution is 0.0222. The van der Waals surface area contributed by atoms with Gasteiger partial charge in [-0.15, -0.1) is 0 Å². The Bertz CT molecular complexity index is 1340. The molecule has 0 bridgehead atoms. The summed E-state index contributed by atoms with van der Waals surface area (Å²) in [5, 5.41) is 21.4. The van der Waals surface area contributed by atoms with Crippen LogP contribution >= 0.6 is 19.4 Å². The largest absolute Gasteiger partial charge is 0.507 e. The van der Waals surface area contributed by atoms with E-state index < -0.39 is 30.4 Å². The van der Waals surface area contributed by atoms with Gasteiger partial charge in [-0.25, -0.2) is 4.57 Å². The van der Waals surface area contributed by atoms with Crippen molar-refractivity contribution < 1.29 is 33.5 Å². The molecule has 0 aliphatic carbocycles. The number of aromatic hydroxyl groups is 2. The van der Waals surface area contributed by atoms with E-state index in [1.165, 1.54) is 13.9 Å². The monoisotopic (exact) mass is 493 g/mol. The molecule has 2 aromatic carbocycles. The Labute approximate surface area is 194 Å². The number of halogens is 1. The Hall–Kier alpha value is -2.33. The number of likely N-dealkylation sites (N-methyl/N-ethyl adjacent to an activating group) is 1. The number of likely N-dealkylation sites (tertiary alicyclic amines) is 1. The smallest absolute Gasteiger partial charge is 0.469 e. The van der Waals surface area contributed by atoms with E-state index >= 15 is 0 Å². The van der Waals surface area contributed by atoms with Crippen LogP contribution in [0.1, 0.15) is 17.9 Å². The van der Waals surface area contributed by atoms with Gasteiger partial charge in [-0.05, 0) is 32.1 Å². The number of phenols is 2. The van der Waals surface area contributed by atoms with E-state index in [1.807, 2.05) is 4.90 Å². The summed E-state index contributed by atoms with van der Waals surface area (Å²) in [4.78, 5) is 33.9. The van der Waals surface area contributed by atoms with Crippen molar-refractivity contribution in [1.82, 2.24) is 4.90 Å². The van der Waals surface area contributed by atoms with Crippen molar-refractivity contribution in [3.8, 4) is 22.8 Å². The van der Waals surface area contributed by atoms with Gasteiger partial charge in [0.2, 0.25) is 0 Å². The minimum absolute atomic E-state index is 0.0926. The Balaban J connectivity index is 2.01. The fraction of sp³-hybridized carbons (Fsp3) is 0.286. The van der Waals surface area contributed by atoms with Crippen molar-refractivity contribution in [2.75, 3.05) is 20.1 Å². The Morgan fingerprint density at radius 1 is 1.24 bits per heavy atom. The SMILES string of the molecule is B[C@@]1(OP(=O)(O)O)CN(C)CC[C@@H]1c1c(O)cc(O)c2c(=O)cc(-c3ccccc3Cl)oc12. The molecule has 12 heteroatoms. The van der Waals surface area contributed by atoms with Crippen molar-refractivity contribution in [1.29, 1.82) is 0 Å². The van der Waals surface area contributed by atoms with Crippen LogP contribution in [0.25, 0.3) is 22.3 Å². The molecule has 0 saturated carbocycles. The zero-order chi connectivity index (χ0) is 24.1. The number of phenolic OH excluding ortho intramolecular Hbond substituents is 2. The van der Waals surface area contributed by atoms with Crippen LogP contribution in [-0.2, 0) is 9.09 Å². The van der Waals surface area contributed by atoms with Gasteiger partial charge in [-0.2, -0.15) is 0 Å². The van der Waals surface area contributed by atoms with Crippen LogP contribution < -0.4 is 5.43 Å². The highest BCUT2D eigenvalue weighted by atomic mass is 35.5. The first kappa shape index (κ1) is 23.8. The number of phosphoric ester groups is 1. The van der Waals surface area contributed by atoms with Crippen molar-refractivity contribution in [3.63, 3.8) is 0 Å². The Kier molecular flexibility index (Phi) is 6.11. The van der Waals surface area contributed by atoms with Crippen LogP contribution in [0.3, 0.4) is 0 Å². The van der Waals surface area contributed by atoms with Gasteiger partial charge in [0, 0.05) is 35.7 Å². The third-order valence-corrected chi connectivity index (χ3v) is 6.92. The highest BCUT2D eigenvalue weighted by Crippen LogP contribution is 2.51. The maximum Gasteiger partial charge on any atom is 0.469 e. The van der Waals surface area contributed by atoms with E-state index in [2.05, 4.69) is 0 Å². The van der Waals surface area contributed by atoms with Crippen molar-refractivity contribution in [2.45, 2.75) is 17.8 Å². The van der Waals surface area contributed by atoms with E-state index in [0.717, 1.165) is 6.07 Å². The van der Waals surface area contributed by atoms with Crippen molar-refractivity contribution in [3.05, 3.63) is 57.2 Å². The molecule has 3 aromatic rings. The summed E-state index contributed by atoms with van der Waals surface area (Å²) >= 11 is 6.27. The van der Waals surface area contributed by atoms with Gasteiger partial charge >= 0.3 is 7.82 Å². The lowest BCUT2D eigenvalue weighted by Gasteiger charge is -2.45. The van der Waals surface area contributed by atoms with Gasteiger partial charge in [0.1, 0.15) is 36.1 Å². The van der Waals surface area contributed by atoms with E-state index in [0.29, 0.717) is 23.6 Å². The molecule has 4 N–H and O–H groups in total. The molecule has 0 radical (unpaired) electrons. The minimum atomic E-state index is -4.91. The number of phosphoric acid groups is 1. The molecular weight excluding hydrogens is 471 g/mol. The maximum absolute atomic E-state index is 13.0. The lowest BCUT2D eigenvalue weighted by Crippen LogP contribution is -2.53. The first-order valence-electron chi connectivity index (χ1n) is 10.1. The standard InChI is InChI=1S/C21H22BClNO8P/c1-24-7-6-12(21(22,10-24)32-33(28,29)30)18-14(25)8-15(26)19-16(27)9-17(31-20(18)19)11-4-2-3-5-13(11)23/h2-5,8-9,12,25-26H,6-7,10,22H2,1H3,(H2,28,29,30)/t12-,21-/m1/s1. The molecule has 1 fully saturated rings. The summed E-state index contributed by atoms with van der Waals surface area (Å²) in [7, 11) is -1.60. The molecule has 33 heavy (non-hydrogen) atoms.